The van der Waals surface area contributed by atoms with Gasteiger partial charge in [0.15, 0.2) is 0 Å². The molecule has 2 aliphatic rings. The number of fused-ring (bicyclic) bond motifs is 3. The molecule has 214 valence electrons. The van der Waals surface area contributed by atoms with Crippen LogP contribution in [0.1, 0.15) is 35.1 Å². The fourth-order valence-corrected chi connectivity index (χ4v) is 5.44. The molecule has 1 aromatic heterocycles. The van der Waals surface area contributed by atoms with E-state index in [1.54, 1.807) is 35.0 Å². The minimum atomic E-state index is -4.75. The predicted octanol–water partition coefficient (Wildman–Crippen LogP) is 6.72. The van der Waals surface area contributed by atoms with Crippen LogP contribution in [0.4, 0.5) is 18.9 Å². The molecule has 1 saturated heterocycles. The van der Waals surface area contributed by atoms with Crippen LogP contribution in [0.15, 0.2) is 70.9 Å². The predicted molar refractivity (Wildman–Crippen MR) is 153 cm³/mol. The highest BCUT2D eigenvalue weighted by Gasteiger charge is 2.32. The first kappa shape index (κ1) is 27.3. The van der Waals surface area contributed by atoms with Gasteiger partial charge in [-0.3, -0.25) is 14.4 Å². The average Bonchev–Trinajstić information content (AvgIpc) is 3.47. The fraction of sp³-hybridized carbons (Fsp3) is 0.226. The van der Waals surface area contributed by atoms with Gasteiger partial charge in [0.1, 0.15) is 29.6 Å². The van der Waals surface area contributed by atoms with E-state index in [4.69, 9.17) is 4.74 Å². The molecule has 0 atom stereocenters. The average molecular weight is 574 g/mol. The maximum absolute atomic E-state index is 12.7. The van der Waals surface area contributed by atoms with Gasteiger partial charge in [-0.05, 0) is 66.9 Å². The highest BCUT2D eigenvalue weighted by atomic mass is 19.4. The van der Waals surface area contributed by atoms with Crippen LogP contribution in [0.25, 0.3) is 22.5 Å². The molecule has 0 bridgehead atoms. The van der Waals surface area contributed by atoms with Crippen LogP contribution in [0.3, 0.4) is 0 Å². The summed E-state index contributed by atoms with van der Waals surface area (Å²) in [5, 5.41) is 13.4. The van der Waals surface area contributed by atoms with Crippen molar-refractivity contribution in [3.63, 3.8) is 0 Å². The van der Waals surface area contributed by atoms with Gasteiger partial charge in [-0.2, -0.15) is 10.2 Å². The van der Waals surface area contributed by atoms with Crippen molar-refractivity contribution in [2.75, 3.05) is 4.90 Å². The molecule has 3 heterocycles. The summed E-state index contributed by atoms with van der Waals surface area (Å²) in [6, 6.07) is 17.2. The molecule has 2 aliphatic heterocycles. The third-order valence-corrected chi connectivity index (χ3v) is 7.25. The number of carbonyl (C=O) groups excluding carboxylic acids is 1. The molecule has 0 unspecified atom stereocenters. The Kier molecular flexibility index (Phi) is 6.80. The largest absolute Gasteiger partial charge is 0.573 e. The summed E-state index contributed by atoms with van der Waals surface area (Å²) >= 11 is 0. The van der Waals surface area contributed by atoms with Gasteiger partial charge in [-0.15, -0.1) is 18.3 Å². The SMILES string of the molecule is Cc1cccc(C)c1N1C(=O)CC/C1=N\N=C\c1ccc2c(c1)OCc1c-2nn(C)c1-c1ccc(OC(F)(F)F)cc1. The molecule has 42 heavy (non-hydrogen) atoms. The Bertz CT molecular complexity index is 1740. The Morgan fingerprint density at radius 1 is 1.02 bits per heavy atom. The summed E-state index contributed by atoms with van der Waals surface area (Å²) in [6.45, 7) is 4.18. The van der Waals surface area contributed by atoms with Gasteiger partial charge in [-0.1, -0.05) is 24.3 Å². The zero-order chi connectivity index (χ0) is 29.6. The molecular weight excluding hydrogens is 547 g/mol. The van der Waals surface area contributed by atoms with Crippen molar-refractivity contribution in [2.45, 2.75) is 39.7 Å². The van der Waals surface area contributed by atoms with E-state index in [2.05, 4.69) is 20.0 Å². The highest BCUT2D eigenvalue weighted by molar-refractivity contribution is 6.22. The number of carbonyl (C=O) groups is 1. The van der Waals surface area contributed by atoms with Crippen molar-refractivity contribution in [2.24, 2.45) is 17.3 Å². The van der Waals surface area contributed by atoms with Crippen molar-refractivity contribution in [1.82, 2.24) is 9.78 Å². The lowest BCUT2D eigenvalue weighted by atomic mass is 9.98. The summed E-state index contributed by atoms with van der Waals surface area (Å²) in [7, 11) is 1.78. The van der Waals surface area contributed by atoms with Crippen LogP contribution >= 0.6 is 0 Å². The number of halogens is 3. The third-order valence-electron chi connectivity index (χ3n) is 7.25. The maximum atomic E-state index is 12.7. The van der Waals surface area contributed by atoms with Crippen LogP contribution in [-0.2, 0) is 18.4 Å². The van der Waals surface area contributed by atoms with E-state index in [9.17, 15) is 18.0 Å². The van der Waals surface area contributed by atoms with Gasteiger partial charge in [0, 0.05) is 36.6 Å². The summed E-state index contributed by atoms with van der Waals surface area (Å²) < 4.78 is 49.4. The molecule has 0 saturated carbocycles. The monoisotopic (exact) mass is 573 g/mol. The number of rotatable bonds is 5. The molecule has 6 rings (SSSR count). The summed E-state index contributed by atoms with van der Waals surface area (Å²) in [4.78, 5) is 14.3. The van der Waals surface area contributed by atoms with Crippen LogP contribution in [0, 0.1) is 13.8 Å². The molecular formula is C31H26F3N5O3. The first-order valence-corrected chi connectivity index (χ1v) is 13.3. The molecule has 11 heteroatoms. The smallest absolute Gasteiger partial charge is 0.488 e. The molecule has 8 nitrogen and oxygen atoms in total. The fourth-order valence-electron chi connectivity index (χ4n) is 5.44. The lowest BCUT2D eigenvalue weighted by Gasteiger charge is -2.21. The third kappa shape index (κ3) is 5.13. The number of aryl methyl sites for hydroxylation is 3. The van der Waals surface area contributed by atoms with E-state index < -0.39 is 6.36 Å². The molecule has 4 aromatic rings. The lowest BCUT2D eigenvalue weighted by Crippen LogP contribution is -2.30. The number of amidine groups is 1. The number of amides is 1. The zero-order valence-electron chi connectivity index (χ0n) is 23.1. The Hall–Kier alpha value is -4.93. The summed E-state index contributed by atoms with van der Waals surface area (Å²) in [5.41, 5.74) is 7.42. The van der Waals surface area contributed by atoms with Gasteiger partial charge in [0.25, 0.3) is 0 Å². The van der Waals surface area contributed by atoms with E-state index in [-0.39, 0.29) is 18.3 Å². The minimum absolute atomic E-state index is 0.000325. The van der Waals surface area contributed by atoms with Crippen LogP contribution in [0.5, 0.6) is 11.5 Å². The molecule has 3 aromatic carbocycles. The first-order chi connectivity index (χ1) is 20.1. The van der Waals surface area contributed by atoms with E-state index in [1.807, 2.05) is 50.2 Å². The van der Waals surface area contributed by atoms with Crippen LogP contribution < -0.4 is 14.4 Å². The van der Waals surface area contributed by atoms with Gasteiger partial charge >= 0.3 is 6.36 Å². The van der Waals surface area contributed by atoms with Gasteiger partial charge < -0.3 is 9.47 Å². The molecule has 0 spiro atoms. The minimum Gasteiger partial charge on any atom is -0.488 e. The molecule has 1 amide bonds. The number of hydrogen-bond acceptors (Lipinski definition) is 6. The summed E-state index contributed by atoms with van der Waals surface area (Å²) in [5.74, 6) is 0.942. The normalized spacial score (nSPS) is 15.7. The molecule has 0 radical (unpaired) electrons. The Morgan fingerprint density at radius 3 is 2.48 bits per heavy atom. The second-order valence-corrected chi connectivity index (χ2v) is 10.1. The second kappa shape index (κ2) is 10.5. The molecule has 1 fully saturated rings. The van der Waals surface area contributed by atoms with E-state index in [0.29, 0.717) is 30.0 Å². The van der Waals surface area contributed by atoms with E-state index >= 15 is 0 Å². The second-order valence-electron chi connectivity index (χ2n) is 10.1. The maximum Gasteiger partial charge on any atom is 0.573 e. The number of aromatic nitrogens is 2. The number of para-hydroxylation sites is 1. The number of nitrogens with zero attached hydrogens (tertiary/aromatic N) is 5. The number of ether oxygens (including phenoxy) is 2. The Morgan fingerprint density at radius 2 is 1.76 bits per heavy atom. The molecule has 0 N–H and O–H groups in total. The number of anilines is 1. The standard InChI is InChI=1S/C31H26F3N5O3/c1-18-5-4-6-19(2)29(18)39-26(13-14-27(39)40)36-35-16-20-7-12-23-25(15-20)41-17-24-28(23)37-38(3)30(24)21-8-10-22(11-9-21)42-31(32,33)34/h4-12,15-16H,13-14,17H2,1-3H3/b35-16+,36-26+. The molecule has 0 aliphatic carbocycles. The van der Waals surface area contributed by atoms with Gasteiger partial charge in [0.05, 0.1) is 17.6 Å². The van der Waals surface area contributed by atoms with Gasteiger partial charge in [-0.25, -0.2) is 0 Å². The number of alkyl halides is 3. The van der Waals surface area contributed by atoms with Gasteiger partial charge in [0.2, 0.25) is 5.91 Å². The topological polar surface area (TPSA) is 81.3 Å². The highest BCUT2D eigenvalue weighted by Crippen LogP contribution is 2.41. The van der Waals surface area contributed by atoms with Crippen molar-refractivity contribution >= 4 is 23.6 Å². The zero-order valence-corrected chi connectivity index (χ0v) is 23.1. The summed E-state index contributed by atoms with van der Waals surface area (Å²) in [6.07, 6.45) is -2.24. The van der Waals surface area contributed by atoms with E-state index in [1.165, 1.54) is 12.1 Å². The number of benzene rings is 3. The number of hydrogen-bond donors (Lipinski definition) is 0. The van der Waals surface area contributed by atoms with E-state index in [0.717, 1.165) is 44.9 Å². The van der Waals surface area contributed by atoms with Crippen LogP contribution in [-0.4, -0.2) is 34.1 Å². The Labute approximate surface area is 239 Å². The lowest BCUT2D eigenvalue weighted by molar-refractivity contribution is -0.274. The Balaban J connectivity index is 1.24. The quantitative estimate of drug-likeness (QED) is 0.196. The van der Waals surface area contributed by atoms with Crippen molar-refractivity contribution in [1.29, 1.82) is 0 Å². The van der Waals surface area contributed by atoms with Crippen LogP contribution in [0.2, 0.25) is 0 Å². The van der Waals surface area contributed by atoms with Crippen molar-refractivity contribution in [3.05, 3.63) is 82.9 Å². The van der Waals surface area contributed by atoms with Crippen molar-refractivity contribution < 1.29 is 27.4 Å². The first-order valence-electron chi connectivity index (χ1n) is 13.3. The van der Waals surface area contributed by atoms with Crippen molar-refractivity contribution in [3.8, 4) is 34.0 Å².